The minimum Gasteiger partial charge on any atom is -0.299 e. The molecule has 0 bridgehead atoms. The smallest absolute Gasteiger partial charge is 0.166 e. The van der Waals surface area contributed by atoms with Crippen LogP contribution in [0.5, 0.6) is 0 Å². The Hall–Kier alpha value is -2.97. The van der Waals surface area contributed by atoms with E-state index in [9.17, 15) is 4.79 Å². The van der Waals surface area contributed by atoms with E-state index in [4.69, 9.17) is 16.9 Å². The molecule has 0 unspecified atom stereocenters. The van der Waals surface area contributed by atoms with Crippen LogP contribution in [0.25, 0.3) is 0 Å². The van der Waals surface area contributed by atoms with Crippen molar-refractivity contribution < 1.29 is 4.79 Å². The van der Waals surface area contributed by atoms with Crippen LogP contribution in [0.2, 0.25) is 5.02 Å². The van der Waals surface area contributed by atoms with Crippen LogP contribution < -0.4 is 0 Å². The molecule has 2 aliphatic heterocycles. The van der Waals surface area contributed by atoms with E-state index in [0.29, 0.717) is 5.56 Å². The van der Waals surface area contributed by atoms with Crippen molar-refractivity contribution in [2.45, 2.75) is 52.4 Å². The summed E-state index contributed by atoms with van der Waals surface area (Å²) in [6.45, 7) is 7.37. The monoisotopic (exact) mass is 497 g/mol. The first-order valence-corrected chi connectivity index (χ1v) is 13.3. The lowest BCUT2D eigenvalue weighted by atomic mass is 9.88. The molecule has 2 heterocycles. The van der Waals surface area contributed by atoms with E-state index in [1.807, 2.05) is 30.3 Å². The maximum atomic E-state index is 13.4. The minimum atomic E-state index is 0.0471. The first-order valence-electron chi connectivity index (χ1n) is 12.9. The van der Waals surface area contributed by atoms with Gasteiger partial charge in [-0.1, -0.05) is 54.9 Å². The van der Waals surface area contributed by atoms with E-state index in [0.717, 1.165) is 74.7 Å². The highest BCUT2D eigenvalue weighted by Crippen LogP contribution is 2.33. The largest absolute Gasteiger partial charge is 0.299 e. The molecule has 184 valence electrons. The summed E-state index contributed by atoms with van der Waals surface area (Å²) in [6, 6.07) is 22.8. The van der Waals surface area contributed by atoms with Gasteiger partial charge in [-0.15, -0.1) is 0 Å². The van der Waals surface area contributed by atoms with E-state index in [1.54, 1.807) is 0 Å². The fraction of sp³-hybridized carbons (Fsp3) is 0.355. The Balaban J connectivity index is 1.18. The zero-order chi connectivity index (χ0) is 25.1. The summed E-state index contributed by atoms with van der Waals surface area (Å²) in [6.07, 6.45) is 2.78. The third-order valence-electron chi connectivity index (χ3n) is 7.63. The van der Waals surface area contributed by atoms with Gasteiger partial charge >= 0.3 is 0 Å². The number of carbonyl (C=O) groups excluding carboxylic acids is 1. The number of carbonyl (C=O) groups is 1. The molecule has 0 amide bonds. The van der Waals surface area contributed by atoms with Gasteiger partial charge in [-0.3, -0.25) is 14.6 Å². The summed E-state index contributed by atoms with van der Waals surface area (Å²) in [5.41, 5.74) is 7.66. The Morgan fingerprint density at radius 2 is 1.53 bits per heavy atom. The van der Waals surface area contributed by atoms with Crippen LogP contribution in [0.1, 0.15) is 63.5 Å². The second-order valence-electron chi connectivity index (χ2n) is 10.1. The molecule has 4 nitrogen and oxygen atoms in total. The molecule has 0 atom stereocenters. The van der Waals surface area contributed by atoms with Crippen LogP contribution in [0.4, 0.5) is 0 Å². The third-order valence-corrected chi connectivity index (χ3v) is 7.97. The van der Waals surface area contributed by atoms with Crippen molar-refractivity contribution in [3.05, 3.63) is 105 Å². The fourth-order valence-corrected chi connectivity index (χ4v) is 5.76. The number of Topliss-reactive ketones (excluding diaryl/α,β-unsaturated/α-hetero) is 1. The van der Waals surface area contributed by atoms with Crippen molar-refractivity contribution in [1.82, 2.24) is 9.80 Å². The number of piperidine rings is 1. The molecule has 36 heavy (non-hydrogen) atoms. The zero-order valence-corrected chi connectivity index (χ0v) is 21.6. The molecule has 3 aromatic rings. The van der Waals surface area contributed by atoms with Crippen LogP contribution in [0.15, 0.2) is 60.7 Å². The van der Waals surface area contributed by atoms with Crippen molar-refractivity contribution >= 4 is 17.4 Å². The van der Waals surface area contributed by atoms with Gasteiger partial charge in [-0.2, -0.15) is 5.26 Å². The van der Waals surface area contributed by atoms with E-state index in [-0.39, 0.29) is 11.7 Å². The Labute approximate surface area is 219 Å². The molecule has 0 aromatic heterocycles. The molecule has 0 aliphatic carbocycles. The number of hydrogen-bond donors (Lipinski definition) is 0. The van der Waals surface area contributed by atoms with Gasteiger partial charge in [0.2, 0.25) is 0 Å². The van der Waals surface area contributed by atoms with Gasteiger partial charge in [0.05, 0.1) is 11.6 Å². The van der Waals surface area contributed by atoms with E-state index in [1.165, 1.54) is 22.3 Å². The Kier molecular flexibility index (Phi) is 7.53. The van der Waals surface area contributed by atoms with Crippen LogP contribution in [-0.2, 0) is 32.6 Å². The number of nitriles is 1. The number of aryl methyl sites for hydroxylation is 1. The number of hydrogen-bond acceptors (Lipinski definition) is 4. The quantitative estimate of drug-likeness (QED) is 0.355. The predicted molar refractivity (Wildman–Crippen MR) is 144 cm³/mol. The fourth-order valence-electron chi connectivity index (χ4n) is 5.46. The molecule has 3 aromatic carbocycles. The van der Waals surface area contributed by atoms with Crippen LogP contribution >= 0.6 is 11.6 Å². The van der Waals surface area contributed by atoms with Gasteiger partial charge in [-0.05, 0) is 84.4 Å². The molecule has 0 spiro atoms. The molecule has 0 N–H and O–H groups in total. The SMILES string of the molecule is CCc1ccc(CN2Cc3cc(C(=O)C4CCN(Cc5ccc(C#N)cc5)CC4)cc(Cl)c3C2)cc1. The first kappa shape index (κ1) is 24.7. The number of ketones is 1. The number of benzene rings is 3. The molecule has 1 saturated heterocycles. The van der Waals surface area contributed by atoms with Gasteiger partial charge in [0.15, 0.2) is 5.78 Å². The van der Waals surface area contributed by atoms with Gasteiger partial charge in [0.1, 0.15) is 0 Å². The topological polar surface area (TPSA) is 47.3 Å². The first-order chi connectivity index (χ1) is 17.5. The van der Waals surface area contributed by atoms with Crippen LogP contribution in [0, 0.1) is 17.2 Å². The highest BCUT2D eigenvalue weighted by Gasteiger charge is 2.29. The molecule has 5 rings (SSSR count). The lowest BCUT2D eigenvalue weighted by molar-refractivity contribution is 0.0834. The standard InChI is InChI=1S/C31H32ClN3O/c1-2-22-3-7-25(8-4-22)19-35-20-28-15-27(16-30(32)29(28)21-35)31(36)26-11-13-34(14-12-26)18-24-9-5-23(17-33)6-10-24/h3-10,15-16,26H,2,11-14,18-21H2,1H3. The average molecular weight is 498 g/mol. The number of fused-ring (bicyclic) bond motifs is 1. The highest BCUT2D eigenvalue weighted by molar-refractivity contribution is 6.32. The lowest BCUT2D eigenvalue weighted by Gasteiger charge is -2.31. The summed E-state index contributed by atoms with van der Waals surface area (Å²) in [7, 11) is 0. The number of rotatable bonds is 7. The zero-order valence-electron chi connectivity index (χ0n) is 20.8. The Bertz CT molecular complexity index is 1270. The van der Waals surface area contributed by atoms with E-state index < -0.39 is 0 Å². The van der Waals surface area contributed by atoms with Gasteiger partial charge < -0.3 is 0 Å². The summed E-state index contributed by atoms with van der Waals surface area (Å²) in [5, 5.41) is 9.70. The van der Waals surface area contributed by atoms with Crippen molar-refractivity contribution in [2.24, 2.45) is 5.92 Å². The molecule has 0 radical (unpaired) electrons. The van der Waals surface area contributed by atoms with Crippen LogP contribution in [0.3, 0.4) is 0 Å². The average Bonchev–Trinajstić information content (AvgIpc) is 3.32. The highest BCUT2D eigenvalue weighted by atomic mass is 35.5. The molecule has 1 fully saturated rings. The van der Waals surface area contributed by atoms with E-state index in [2.05, 4.69) is 53.1 Å². The maximum Gasteiger partial charge on any atom is 0.166 e. The maximum absolute atomic E-state index is 13.4. The summed E-state index contributed by atoms with van der Waals surface area (Å²) in [4.78, 5) is 18.2. The summed E-state index contributed by atoms with van der Waals surface area (Å²) >= 11 is 6.69. The lowest BCUT2D eigenvalue weighted by Crippen LogP contribution is -2.36. The van der Waals surface area contributed by atoms with Gasteiger partial charge in [0, 0.05) is 42.7 Å². The molecular formula is C31H32ClN3O. The van der Waals surface area contributed by atoms with E-state index >= 15 is 0 Å². The molecular weight excluding hydrogens is 466 g/mol. The second kappa shape index (κ2) is 11.0. The molecule has 5 heteroatoms. The Morgan fingerprint density at radius 3 is 2.17 bits per heavy atom. The number of nitrogens with zero attached hydrogens (tertiary/aromatic N) is 3. The predicted octanol–water partition coefficient (Wildman–Crippen LogP) is 6.38. The van der Waals surface area contributed by atoms with Gasteiger partial charge in [0.25, 0.3) is 0 Å². The number of halogens is 1. The molecule has 2 aliphatic rings. The molecule has 0 saturated carbocycles. The number of likely N-dealkylation sites (tertiary alicyclic amines) is 1. The minimum absolute atomic E-state index is 0.0471. The second-order valence-corrected chi connectivity index (χ2v) is 10.5. The summed E-state index contributed by atoms with van der Waals surface area (Å²) < 4.78 is 0. The van der Waals surface area contributed by atoms with Crippen molar-refractivity contribution in [2.75, 3.05) is 13.1 Å². The Morgan fingerprint density at radius 1 is 0.917 bits per heavy atom. The van der Waals surface area contributed by atoms with Crippen molar-refractivity contribution in [1.29, 1.82) is 5.26 Å². The van der Waals surface area contributed by atoms with Crippen molar-refractivity contribution in [3.63, 3.8) is 0 Å². The van der Waals surface area contributed by atoms with Crippen LogP contribution in [-0.4, -0.2) is 28.7 Å². The van der Waals surface area contributed by atoms with Crippen molar-refractivity contribution in [3.8, 4) is 6.07 Å². The normalized spacial score (nSPS) is 16.6. The third kappa shape index (κ3) is 5.55. The van der Waals surface area contributed by atoms with Gasteiger partial charge in [-0.25, -0.2) is 0 Å². The summed E-state index contributed by atoms with van der Waals surface area (Å²) in [5.74, 6) is 0.275.